The Morgan fingerprint density at radius 2 is 1.68 bits per heavy atom. The minimum Gasteiger partial charge on any atom is -0.359 e. The molecule has 5 aliphatic carbocycles. The molecule has 5 rings (SSSR count). The van der Waals surface area contributed by atoms with Crippen LogP contribution in [0, 0.1) is 46.3 Å². The maximum atomic E-state index is 6.78. The Morgan fingerprint density at radius 3 is 2.41 bits per heavy atom. The molecule has 0 bridgehead atoms. The quantitative estimate of drug-likeness (QED) is 0.173. The highest BCUT2D eigenvalue weighted by atomic mass is 35.5. The van der Waals surface area contributed by atoms with Gasteiger partial charge in [0.15, 0.2) is 5.11 Å². The van der Waals surface area contributed by atoms with Crippen LogP contribution in [0.25, 0.3) is 0 Å². The van der Waals surface area contributed by atoms with Gasteiger partial charge in [0.25, 0.3) is 0 Å². The van der Waals surface area contributed by atoms with Crippen molar-refractivity contribution in [3.8, 4) is 0 Å². The van der Waals surface area contributed by atoms with E-state index >= 15 is 0 Å². The van der Waals surface area contributed by atoms with Crippen molar-refractivity contribution in [1.29, 1.82) is 0 Å². The highest BCUT2D eigenvalue weighted by Gasteiger charge is 2.60. The zero-order valence-corrected chi connectivity index (χ0v) is 28.5. The van der Waals surface area contributed by atoms with Crippen molar-refractivity contribution in [2.45, 2.75) is 155 Å². The summed E-state index contributed by atoms with van der Waals surface area (Å²) in [7, 11) is 0. The summed E-state index contributed by atoms with van der Waals surface area (Å²) in [6.07, 6.45) is 24.7. The van der Waals surface area contributed by atoms with E-state index in [0.29, 0.717) is 28.4 Å². The molecular formula is C36H60ClN3S. The summed E-state index contributed by atoms with van der Waals surface area (Å²) in [6, 6.07) is 0.484. The number of halogens is 1. The minimum atomic E-state index is 0.263. The van der Waals surface area contributed by atoms with Gasteiger partial charge in [-0.05, 0) is 117 Å². The van der Waals surface area contributed by atoms with Crippen molar-refractivity contribution in [3.63, 3.8) is 0 Å². The third-order valence-electron chi connectivity index (χ3n) is 12.8. The summed E-state index contributed by atoms with van der Waals surface area (Å²) in [5, 5.41) is 9.82. The average Bonchev–Trinajstić information content (AvgIpc) is 3.26. The van der Waals surface area contributed by atoms with E-state index in [1.165, 1.54) is 102 Å². The number of hydrogen-bond donors (Lipinski definition) is 2. The molecule has 0 aromatic heterocycles. The molecule has 5 heteroatoms. The molecule has 0 aliphatic heterocycles. The fraction of sp³-hybridized carbons (Fsp3) is 0.889. The van der Waals surface area contributed by atoms with Crippen molar-refractivity contribution < 1.29 is 0 Å². The predicted molar refractivity (Wildman–Crippen MR) is 180 cm³/mol. The molecule has 4 fully saturated rings. The molecule has 0 aromatic carbocycles. The lowest BCUT2D eigenvalue weighted by Gasteiger charge is -2.58. The monoisotopic (exact) mass is 601 g/mol. The summed E-state index contributed by atoms with van der Waals surface area (Å²) >= 11 is 12.6. The first-order chi connectivity index (χ1) is 19.6. The molecule has 232 valence electrons. The maximum absolute atomic E-state index is 6.78. The smallest absolute Gasteiger partial charge is 0.187 e. The molecule has 8 atom stereocenters. The number of nitrogens with zero attached hydrogens (tertiary/aromatic N) is 1. The number of hydrazone groups is 1. The van der Waals surface area contributed by atoms with Crippen molar-refractivity contribution >= 4 is 34.6 Å². The highest BCUT2D eigenvalue weighted by molar-refractivity contribution is 7.80. The third kappa shape index (κ3) is 6.89. The molecule has 3 nitrogen and oxygen atoms in total. The molecule has 2 N–H and O–H groups in total. The van der Waals surface area contributed by atoms with Crippen LogP contribution >= 0.6 is 23.8 Å². The van der Waals surface area contributed by atoms with Gasteiger partial charge in [-0.25, -0.2) is 0 Å². The van der Waals surface area contributed by atoms with E-state index < -0.39 is 0 Å². The lowest BCUT2D eigenvalue weighted by atomic mass is 9.46. The zero-order valence-electron chi connectivity index (χ0n) is 27.0. The van der Waals surface area contributed by atoms with Crippen molar-refractivity contribution in [1.82, 2.24) is 10.7 Å². The molecule has 0 spiro atoms. The Bertz CT molecular complexity index is 968. The van der Waals surface area contributed by atoms with E-state index in [9.17, 15) is 0 Å². The summed E-state index contributed by atoms with van der Waals surface area (Å²) in [4.78, 5) is 0. The van der Waals surface area contributed by atoms with Gasteiger partial charge in [-0.15, -0.1) is 11.6 Å². The predicted octanol–water partition coefficient (Wildman–Crippen LogP) is 10.2. The Hall–Kier alpha value is -0.610. The van der Waals surface area contributed by atoms with Gasteiger partial charge < -0.3 is 5.32 Å². The van der Waals surface area contributed by atoms with Gasteiger partial charge >= 0.3 is 0 Å². The van der Waals surface area contributed by atoms with Gasteiger partial charge in [-0.1, -0.05) is 91.6 Å². The number of rotatable bonds is 7. The number of nitrogens with one attached hydrogen (secondary N) is 2. The van der Waals surface area contributed by atoms with E-state index in [4.69, 9.17) is 28.9 Å². The van der Waals surface area contributed by atoms with Gasteiger partial charge in [-0.3, -0.25) is 5.43 Å². The second kappa shape index (κ2) is 13.6. The van der Waals surface area contributed by atoms with Gasteiger partial charge in [-0.2, -0.15) is 5.10 Å². The van der Waals surface area contributed by atoms with E-state index in [0.717, 1.165) is 36.5 Å². The summed E-state index contributed by atoms with van der Waals surface area (Å²) in [5.41, 5.74) is 6.91. The third-order valence-corrected chi connectivity index (χ3v) is 13.4. The molecule has 0 saturated heterocycles. The van der Waals surface area contributed by atoms with E-state index in [-0.39, 0.29) is 10.8 Å². The fourth-order valence-corrected chi connectivity index (χ4v) is 10.9. The Labute approximate surface area is 262 Å². The molecular weight excluding hydrogens is 542 g/mol. The first kappa shape index (κ1) is 31.8. The molecule has 0 aromatic rings. The number of fused-ring (bicyclic) bond motifs is 5. The fourth-order valence-electron chi connectivity index (χ4n) is 10.4. The number of thiocarbonyl (C=S) groups is 1. The van der Waals surface area contributed by atoms with Gasteiger partial charge in [0, 0.05) is 17.3 Å². The Morgan fingerprint density at radius 1 is 0.951 bits per heavy atom. The first-order valence-corrected chi connectivity index (χ1v) is 18.5. The number of alkyl halides is 1. The minimum absolute atomic E-state index is 0.263. The first-order valence-electron chi connectivity index (χ1n) is 17.6. The van der Waals surface area contributed by atoms with Crippen LogP contribution in [0.15, 0.2) is 16.8 Å². The normalized spacial score (nSPS) is 39.6. The van der Waals surface area contributed by atoms with Crippen LogP contribution in [-0.2, 0) is 0 Å². The Kier molecular flexibility index (Phi) is 10.5. The summed E-state index contributed by atoms with van der Waals surface area (Å²) < 4.78 is 0. The van der Waals surface area contributed by atoms with Crippen LogP contribution in [0.1, 0.15) is 144 Å². The van der Waals surface area contributed by atoms with Crippen molar-refractivity contribution in [2.24, 2.45) is 51.4 Å². The number of allylic oxidation sites excluding steroid dienone is 2. The maximum Gasteiger partial charge on any atom is 0.187 e. The Balaban J connectivity index is 1.37. The second-order valence-corrected chi connectivity index (χ2v) is 16.9. The van der Waals surface area contributed by atoms with Crippen LogP contribution in [0.2, 0.25) is 0 Å². The number of hydrogen-bond acceptors (Lipinski definition) is 2. The molecule has 0 amide bonds. The molecule has 0 radical (unpaired) electrons. The van der Waals surface area contributed by atoms with Gasteiger partial charge in [0.2, 0.25) is 0 Å². The van der Waals surface area contributed by atoms with Crippen LogP contribution in [-0.4, -0.2) is 22.2 Å². The van der Waals surface area contributed by atoms with E-state index in [1.54, 1.807) is 5.57 Å². The lowest BCUT2D eigenvalue weighted by molar-refractivity contribution is -0.0213. The van der Waals surface area contributed by atoms with Gasteiger partial charge in [0.05, 0.1) is 5.71 Å². The van der Waals surface area contributed by atoms with Gasteiger partial charge in [0.1, 0.15) is 0 Å². The second-order valence-electron chi connectivity index (χ2n) is 15.9. The molecule has 41 heavy (non-hydrogen) atoms. The largest absolute Gasteiger partial charge is 0.359 e. The molecule has 0 unspecified atom stereocenters. The van der Waals surface area contributed by atoms with Crippen molar-refractivity contribution in [3.05, 3.63) is 11.6 Å². The zero-order chi connectivity index (χ0) is 29.2. The average molecular weight is 602 g/mol. The lowest BCUT2D eigenvalue weighted by Crippen LogP contribution is -2.54. The highest BCUT2D eigenvalue weighted by Crippen LogP contribution is 2.67. The topological polar surface area (TPSA) is 36.4 Å². The molecule has 5 aliphatic rings. The molecule has 4 saturated carbocycles. The van der Waals surface area contributed by atoms with Crippen LogP contribution < -0.4 is 10.7 Å². The van der Waals surface area contributed by atoms with Crippen molar-refractivity contribution in [2.75, 3.05) is 0 Å². The summed E-state index contributed by atoms with van der Waals surface area (Å²) in [6.45, 7) is 12.6. The van der Waals surface area contributed by atoms with Crippen LogP contribution in [0.4, 0.5) is 0 Å². The van der Waals surface area contributed by atoms with Crippen LogP contribution in [0.5, 0.6) is 0 Å². The summed E-state index contributed by atoms with van der Waals surface area (Å²) in [5.74, 6) is 4.39. The van der Waals surface area contributed by atoms with E-state index in [1.807, 2.05) is 0 Å². The standard InChI is InChI=1S/C36H60ClN3S/c1-24(2)12-11-13-25(3)29-16-17-30-33-31(19-21-36(29,30)5)35(4)20-18-27(37)22-26(35)23-32(33)39-40-34(41)38-28-14-9-7-6-8-10-15-28/h23-25,27-31,33H,6-22H2,1-5H3,(H2,38,40,41)/b39-32-/t25-,27+,29-,30+,31+,33+,35+,36-/m1/s1. The molecule has 0 heterocycles. The van der Waals surface area contributed by atoms with Crippen LogP contribution in [0.3, 0.4) is 0 Å². The van der Waals surface area contributed by atoms with E-state index in [2.05, 4.69) is 51.4 Å². The SMILES string of the molecule is CC(C)CCC[C@@H](C)[C@H]1CC[C@H]2[C@@H]3/C(=N\NC(=S)NC4CCCCCCC4)C=C4C[C@@H](Cl)CC[C@]4(C)[C@H]3CC[C@]12C.